The fourth-order valence-corrected chi connectivity index (χ4v) is 2.07. The first-order valence-electron chi connectivity index (χ1n) is 4.71. The van der Waals surface area contributed by atoms with E-state index in [1.165, 1.54) is 35.1 Å². The van der Waals surface area contributed by atoms with E-state index in [2.05, 4.69) is 42.9 Å². The van der Waals surface area contributed by atoms with Crippen LogP contribution in [0.15, 0.2) is 58.7 Å². The van der Waals surface area contributed by atoms with E-state index >= 15 is 0 Å². The van der Waals surface area contributed by atoms with Crippen molar-refractivity contribution >= 4 is 0 Å². The predicted octanol–water partition coefficient (Wildman–Crippen LogP) is 3.15. The second kappa shape index (κ2) is 2.59. The first-order chi connectivity index (χ1) is 6.45. The van der Waals surface area contributed by atoms with E-state index in [9.17, 15) is 0 Å². The molecule has 0 aromatic rings. The molecule has 0 fully saturated rings. The first-order valence-corrected chi connectivity index (χ1v) is 4.71. The summed E-state index contributed by atoms with van der Waals surface area (Å²) in [6.45, 7) is 0. The van der Waals surface area contributed by atoms with Gasteiger partial charge in [0.05, 0.1) is 0 Å². The molecule has 3 aliphatic carbocycles. The van der Waals surface area contributed by atoms with Crippen molar-refractivity contribution < 1.29 is 0 Å². The van der Waals surface area contributed by atoms with Gasteiger partial charge in [-0.1, -0.05) is 36.5 Å². The van der Waals surface area contributed by atoms with Crippen LogP contribution >= 0.6 is 0 Å². The quantitative estimate of drug-likeness (QED) is 0.518. The molecular weight excluding hydrogens is 156 g/mol. The van der Waals surface area contributed by atoms with Crippen LogP contribution in [-0.4, -0.2) is 0 Å². The van der Waals surface area contributed by atoms with E-state index in [4.69, 9.17) is 0 Å². The van der Waals surface area contributed by atoms with E-state index in [0.717, 1.165) is 0 Å². The maximum atomic E-state index is 3.31. The monoisotopic (exact) mass is 166 g/mol. The molecule has 0 spiro atoms. The van der Waals surface area contributed by atoms with Gasteiger partial charge >= 0.3 is 0 Å². The number of fused-ring (bicyclic) bond motifs is 2. The fraction of sp³-hybridized carbons (Fsp3) is 0.154. The van der Waals surface area contributed by atoms with Crippen LogP contribution < -0.4 is 0 Å². The zero-order valence-corrected chi connectivity index (χ0v) is 7.38. The summed E-state index contributed by atoms with van der Waals surface area (Å²) in [7, 11) is 0. The maximum Gasteiger partial charge on any atom is 0.0435 e. The summed E-state index contributed by atoms with van der Waals surface area (Å²) in [5.41, 5.74) is 5.50. The van der Waals surface area contributed by atoms with Gasteiger partial charge in [-0.3, -0.25) is 0 Å². The highest BCUT2D eigenvalue weighted by atomic mass is 14.2. The van der Waals surface area contributed by atoms with Gasteiger partial charge in [-0.15, -0.1) is 0 Å². The van der Waals surface area contributed by atoms with Crippen molar-refractivity contribution in [3.05, 3.63) is 65.2 Å². The average molecular weight is 166 g/mol. The van der Waals surface area contributed by atoms with Crippen LogP contribution in [0.2, 0.25) is 0 Å². The fourth-order valence-electron chi connectivity index (χ4n) is 2.07. The lowest BCUT2D eigenvalue weighted by atomic mass is 9.83. The van der Waals surface area contributed by atoms with Gasteiger partial charge in [-0.25, -0.2) is 0 Å². The van der Waals surface area contributed by atoms with Crippen LogP contribution in [0.3, 0.4) is 0 Å². The minimum absolute atomic E-state index is 1.18. The van der Waals surface area contributed by atoms with Gasteiger partial charge in [0.1, 0.15) is 0 Å². The SMILES string of the molecule is [C]1C=C2C=CCCC2=C2C=CC=C12. The molecule has 0 aromatic heterocycles. The molecule has 0 heterocycles. The third-order valence-electron chi connectivity index (χ3n) is 2.73. The van der Waals surface area contributed by atoms with Gasteiger partial charge in [-0.2, -0.15) is 0 Å². The summed E-state index contributed by atoms with van der Waals surface area (Å²) in [6, 6.07) is 0. The molecule has 3 rings (SSSR count). The molecule has 0 aliphatic heterocycles. The van der Waals surface area contributed by atoms with Crippen LogP contribution in [0.1, 0.15) is 12.8 Å². The molecule has 0 atom stereocenters. The van der Waals surface area contributed by atoms with E-state index in [0.29, 0.717) is 0 Å². The van der Waals surface area contributed by atoms with Gasteiger partial charge in [-0.05, 0) is 35.1 Å². The Morgan fingerprint density at radius 3 is 3.23 bits per heavy atom. The smallest absolute Gasteiger partial charge is 0.0435 e. The van der Waals surface area contributed by atoms with Gasteiger partial charge in [0.2, 0.25) is 0 Å². The second-order valence-corrected chi connectivity index (χ2v) is 3.52. The summed E-state index contributed by atoms with van der Waals surface area (Å²) >= 11 is 0. The van der Waals surface area contributed by atoms with E-state index in [-0.39, 0.29) is 0 Å². The molecule has 0 bridgehead atoms. The van der Waals surface area contributed by atoms with E-state index < -0.39 is 0 Å². The molecule has 0 saturated heterocycles. The lowest BCUT2D eigenvalue weighted by Crippen LogP contribution is -2.03. The summed E-state index contributed by atoms with van der Waals surface area (Å²) in [4.78, 5) is 0. The zero-order chi connectivity index (χ0) is 8.67. The molecule has 0 saturated carbocycles. The Morgan fingerprint density at radius 2 is 2.23 bits per heavy atom. The van der Waals surface area contributed by atoms with Crippen LogP contribution in [0.5, 0.6) is 0 Å². The minimum atomic E-state index is 1.18. The first kappa shape index (κ1) is 7.14. The number of rotatable bonds is 0. The van der Waals surface area contributed by atoms with Gasteiger partial charge in [0, 0.05) is 6.42 Å². The topological polar surface area (TPSA) is 0 Å². The largest absolute Gasteiger partial charge is 0.0836 e. The number of hydrogen-bond acceptors (Lipinski definition) is 0. The minimum Gasteiger partial charge on any atom is -0.0836 e. The highest BCUT2D eigenvalue weighted by Gasteiger charge is 2.19. The van der Waals surface area contributed by atoms with Gasteiger partial charge in [0.15, 0.2) is 0 Å². The molecule has 13 heavy (non-hydrogen) atoms. The highest BCUT2D eigenvalue weighted by Crippen LogP contribution is 2.37. The number of hydrogen-bond donors (Lipinski definition) is 0. The van der Waals surface area contributed by atoms with Crippen LogP contribution in [0.25, 0.3) is 0 Å². The Hall–Kier alpha value is -1.30. The van der Waals surface area contributed by atoms with Crippen molar-refractivity contribution in [1.82, 2.24) is 0 Å². The van der Waals surface area contributed by atoms with Crippen molar-refractivity contribution in [2.45, 2.75) is 12.8 Å². The lowest BCUT2D eigenvalue weighted by molar-refractivity contribution is 0.951. The van der Waals surface area contributed by atoms with E-state index in [1.54, 1.807) is 0 Å². The molecule has 0 aromatic carbocycles. The summed E-state index contributed by atoms with van der Waals surface area (Å²) in [5.74, 6) is 0. The van der Waals surface area contributed by atoms with Crippen molar-refractivity contribution in [3.8, 4) is 0 Å². The molecular formula is C13H10. The normalized spacial score (nSPS) is 24.0. The maximum absolute atomic E-state index is 3.31. The number of allylic oxidation sites excluding steroid dienone is 10. The molecule has 0 nitrogen and oxygen atoms in total. The molecule has 0 N–H and O–H groups in total. The third-order valence-corrected chi connectivity index (χ3v) is 2.73. The second-order valence-electron chi connectivity index (χ2n) is 3.52. The lowest BCUT2D eigenvalue weighted by Gasteiger charge is -2.21. The van der Waals surface area contributed by atoms with Gasteiger partial charge < -0.3 is 0 Å². The van der Waals surface area contributed by atoms with Crippen molar-refractivity contribution in [1.29, 1.82) is 0 Å². The molecule has 3 aliphatic rings. The molecule has 2 radical (unpaired) electrons. The molecule has 0 heteroatoms. The highest BCUT2D eigenvalue weighted by molar-refractivity contribution is 5.66. The van der Waals surface area contributed by atoms with Crippen LogP contribution in [-0.2, 0) is 0 Å². The Morgan fingerprint density at radius 1 is 1.23 bits per heavy atom. The van der Waals surface area contributed by atoms with Gasteiger partial charge in [0.25, 0.3) is 0 Å². The van der Waals surface area contributed by atoms with Crippen molar-refractivity contribution in [2.24, 2.45) is 0 Å². The molecule has 0 amide bonds. The molecule has 62 valence electrons. The van der Waals surface area contributed by atoms with Crippen molar-refractivity contribution in [3.63, 3.8) is 0 Å². The molecule has 0 unspecified atom stereocenters. The Bertz CT molecular complexity index is 398. The zero-order valence-electron chi connectivity index (χ0n) is 7.38. The summed E-state index contributed by atoms with van der Waals surface area (Å²) in [5, 5.41) is 0. The third kappa shape index (κ3) is 0.983. The summed E-state index contributed by atoms with van der Waals surface area (Å²) in [6.07, 6.45) is 18.7. The Balaban J connectivity index is 2.18. The standard InChI is InChI=1S/C13H10/c1-2-6-12-10(4-1)8-9-11-5-3-7-13(11)12/h1,3-5,7-8H,2,6H2. The average Bonchev–Trinajstić information content (AvgIpc) is 2.65. The summed E-state index contributed by atoms with van der Waals surface area (Å²) < 4.78 is 0. The Labute approximate surface area is 78.7 Å². The van der Waals surface area contributed by atoms with E-state index in [1.807, 2.05) is 0 Å². The predicted molar refractivity (Wildman–Crippen MR) is 53.9 cm³/mol. The van der Waals surface area contributed by atoms with Crippen molar-refractivity contribution in [2.75, 3.05) is 0 Å². The van der Waals surface area contributed by atoms with Crippen LogP contribution in [0.4, 0.5) is 0 Å². The van der Waals surface area contributed by atoms with Crippen LogP contribution in [0, 0.1) is 6.42 Å². The Kier molecular flexibility index (Phi) is 1.42.